The van der Waals surface area contributed by atoms with Crippen LogP contribution >= 0.6 is 0 Å². The van der Waals surface area contributed by atoms with Crippen molar-refractivity contribution >= 4 is 21.7 Å². The van der Waals surface area contributed by atoms with Crippen molar-refractivity contribution in [2.75, 3.05) is 13.6 Å². The van der Waals surface area contributed by atoms with Gasteiger partial charge in [-0.05, 0) is 45.0 Å². The first kappa shape index (κ1) is 23.4. The lowest BCUT2D eigenvalue weighted by molar-refractivity contribution is -0.129. The highest BCUT2D eigenvalue weighted by Crippen LogP contribution is 2.19. The topological polar surface area (TPSA) is 101 Å². The third-order valence-electron chi connectivity index (χ3n) is 5.25. The fourth-order valence-electron chi connectivity index (χ4n) is 3.29. The number of Topliss-reactive ketones (excluding diaryl/α,β-unsaturated/α-hetero) is 1. The van der Waals surface area contributed by atoms with Gasteiger partial charge in [0.15, 0.2) is 5.78 Å². The van der Waals surface area contributed by atoms with Gasteiger partial charge < -0.3 is 4.90 Å². The summed E-state index contributed by atoms with van der Waals surface area (Å²) in [5, 5.41) is 4.58. The third kappa shape index (κ3) is 5.12. The Morgan fingerprint density at radius 3 is 2.25 bits per heavy atom. The number of carbonyl (C=O) groups is 2. The van der Waals surface area contributed by atoms with Gasteiger partial charge in [-0.25, -0.2) is 17.8 Å². The number of rotatable bonds is 8. The smallest absolute Gasteiger partial charge is 0.241 e. The van der Waals surface area contributed by atoms with Crippen LogP contribution in [0.15, 0.2) is 59.5 Å². The molecule has 0 saturated carbocycles. The molecule has 0 bridgehead atoms. The van der Waals surface area contributed by atoms with Gasteiger partial charge in [0, 0.05) is 30.4 Å². The van der Waals surface area contributed by atoms with Crippen molar-refractivity contribution in [1.29, 1.82) is 0 Å². The highest BCUT2D eigenvalue weighted by molar-refractivity contribution is 7.89. The molecule has 0 aliphatic rings. The third-order valence-corrected chi connectivity index (χ3v) is 6.66. The average Bonchev–Trinajstić information content (AvgIpc) is 3.06. The molecule has 3 aromatic rings. The summed E-state index contributed by atoms with van der Waals surface area (Å²) in [5.74, 6) is -0.528. The number of hydrogen-bond acceptors (Lipinski definition) is 5. The summed E-state index contributed by atoms with van der Waals surface area (Å²) in [4.78, 5) is 25.4. The zero-order valence-corrected chi connectivity index (χ0v) is 19.3. The van der Waals surface area contributed by atoms with E-state index in [1.54, 1.807) is 7.05 Å². The van der Waals surface area contributed by atoms with Gasteiger partial charge in [-0.1, -0.05) is 30.3 Å². The zero-order valence-electron chi connectivity index (χ0n) is 18.5. The molecule has 0 spiro atoms. The molecule has 0 radical (unpaired) electrons. The van der Waals surface area contributed by atoms with Crippen LogP contribution in [-0.4, -0.2) is 48.4 Å². The van der Waals surface area contributed by atoms with Crippen molar-refractivity contribution in [1.82, 2.24) is 19.4 Å². The lowest BCUT2D eigenvalue weighted by atomic mass is 10.2. The number of aryl methyl sites for hydroxylation is 1. The first-order valence-electron chi connectivity index (χ1n) is 10.1. The van der Waals surface area contributed by atoms with Crippen molar-refractivity contribution in [2.45, 2.75) is 32.2 Å². The van der Waals surface area contributed by atoms with Gasteiger partial charge in [-0.3, -0.25) is 9.59 Å². The highest BCUT2D eigenvalue weighted by atomic mass is 32.2. The lowest BCUT2D eigenvalue weighted by Gasteiger charge is -2.18. The van der Waals surface area contributed by atoms with Gasteiger partial charge in [-0.2, -0.15) is 5.10 Å². The van der Waals surface area contributed by atoms with E-state index < -0.39 is 10.0 Å². The Morgan fingerprint density at radius 2 is 1.66 bits per heavy atom. The second-order valence-corrected chi connectivity index (χ2v) is 9.32. The number of carbonyl (C=O) groups excluding carboxylic acids is 2. The summed E-state index contributed by atoms with van der Waals surface area (Å²) < 4.78 is 29.1. The van der Waals surface area contributed by atoms with E-state index in [2.05, 4.69) is 9.82 Å². The second kappa shape index (κ2) is 9.46. The Hall–Kier alpha value is -3.30. The highest BCUT2D eigenvalue weighted by Gasteiger charge is 2.20. The van der Waals surface area contributed by atoms with Crippen molar-refractivity contribution in [3.05, 3.63) is 77.1 Å². The van der Waals surface area contributed by atoms with Gasteiger partial charge in [0.2, 0.25) is 15.9 Å². The van der Waals surface area contributed by atoms with Crippen LogP contribution in [0.3, 0.4) is 0 Å². The van der Waals surface area contributed by atoms with Gasteiger partial charge in [-0.15, -0.1) is 0 Å². The van der Waals surface area contributed by atoms with E-state index in [-0.39, 0.29) is 23.1 Å². The molecule has 1 heterocycles. The Morgan fingerprint density at radius 1 is 1.03 bits per heavy atom. The van der Waals surface area contributed by atoms with Gasteiger partial charge >= 0.3 is 0 Å². The SMILES string of the molecule is CC(=O)c1ccc(S(=O)(=O)NCC(=O)N(C)Cc2c(C)nn(-c3ccccc3)c2C)cc1. The molecule has 32 heavy (non-hydrogen) atoms. The molecular weight excluding hydrogens is 428 g/mol. The monoisotopic (exact) mass is 454 g/mol. The Labute approximate surface area is 187 Å². The Kier molecular flexibility index (Phi) is 6.90. The molecular formula is C23H26N4O4S. The van der Waals surface area contributed by atoms with Crippen LogP contribution in [0, 0.1) is 13.8 Å². The largest absolute Gasteiger partial charge is 0.340 e. The van der Waals surface area contributed by atoms with E-state index in [1.807, 2.05) is 48.9 Å². The van der Waals surface area contributed by atoms with Crippen molar-refractivity contribution in [3.63, 3.8) is 0 Å². The average molecular weight is 455 g/mol. The van der Waals surface area contributed by atoms with Crippen molar-refractivity contribution < 1.29 is 18.0 Å². The van der Waals surface area contributed by atoms with E-state index in [9.17, 15) is 18.0 Å². The second-order valence-electron chi connectivity index (χ2n) is 7.55. The Bertz CT molecular complexity index is 1230. The molecule has 0 aliphatic heterocycles. The number of likely N-dealkylation sites (N-methyl/N-ethyl adjacent to an activating group) is 1. The minimum atomic E-state index is -3.88. The van der Waals surface area contributed by atoms with Crippen LogP contribution in [-0.2, 0) is 21.4 Å². The van der Waals surface area contributed by atoms with Crippen LogP contribution < -0.4 is 4.72 Å². The van der Waals surface area contributed by atoms with Gasteiger partial charge in [0.1, 0.15) is 0 Å². The minimum absolute atomic E-state index is 0.00576. The fraction of sp³-hybridized carbons (Fsp3) is 0.261. The fourth-order valence-corrected chi connectivity index (χ4v) is 4.27. The van der Waals surface area contributed by atoms with Gasteiger partial charge in [0.05, 0.1) is 22.8 Å². The molecule has 9 heteroatoms. The van der Waals surface area contributed by atoms with Crippen LogP contribution in [0.25, 0.3) is 5.69 Å². The molecule has 0 saturated heterocycles. The molecule has 168 valence electrons. The van der Waals surface area contributed by atoms with E-state index in [0.717, 1.165) is 22.6 Å². The van der Waals surface area contributed by atoms with Crippen LogP contribution in [0.4, 0.5) is 0 Å². The molecule has 1 N–H and O–H groups in total. The summed E-state index contributed by atoms with van der Waals surface area (Å²) in [5.41, 5.74) is 3.97. The molecule has 3 rings (SSSR count). The summed E-state index contributed by atoms with van der Waals surface area (Å²) in [6, 6.07) is 15.3. The van der Waals surface area contributed by atoms with Crippen molar-refractivity contribution in [3.8, 4) is 5.69 Å². The minimum Gasteiger partial charge on any atom is -0.340 e. The van der Waals surface area contributed by atoms with E-state index in [4.69, 9.17) is 0 Å². The molecule has 8 nitrogen and oxygen atoms in total. The standard InChI is InChI=1S/C23H26N4O4S/c1-16-22(17(2)27(25-16)20-8-6-5-7-9-20)15-26(4)23(29)14-24-32(30,31)21-12-10-19(11-13-21)18(3)28/h5-13,24H,14-15H2,1-4H3. The van der Waals surface area contributed by atoms with E-state index in [0.29, 0.717) is 12.1 Å². The molecule has 1 aromatic heterocycles. The van der Waals surface area contributed by atoms with Crippen molar-refractivity contribution in [2.24, 2.45) is 0 Å². The lowest BCUT2D eigenvalue weighted by Crippen LogP contribution is -2.38. The maximum Gasteiger partial charge on any atom is 0.241 e. The number of hydrogen-bond donors (Lipinski definition) is 1. The molecule has 2 aromatic carbocycles. The maximum absolute atomic E-state index is 12.6. The summed E-state index contributed by atoms with van der Waals surface area (Å²) >= 11 is 0. The van der Waals surface area contributed by atoms with E-state index >= 15 is 0 Å². The first-order valence-corrected chi connectivity index (χ1v) is 11.5. The Balaban J connectivity index is 1.66. The first-order chi connectivity index (χ1) is 15.1. The van der Waals surface area contributed by atoms with Crippen LogP contribution in [0.1, 0.15) is 34.2 Å². The normalized spacial score (nSPS) is 11.4. The number of nitrogens with one attached hydrogen (secondary N) is 1. The molecule has 0 fully saturated rings. The molecule has 0 atom stereocenters. The molecule has 1 amide bonds. The zero-order chi connectivity index (χ0) is 23.5. The van der Waals surface area contributed by atoms with Gasteiger partial charge in [0.25, 0.3) is 0 Å². The maximum atomic E-state index is 12.6. The number of para-hydroxylation sites is 1. The quantitative estimate of drug-likeness (QED) is 0.527. The number of amides is 1. The summed E-state index contributed by atoms with van der Waals surface area (Å²) in [6.45, 7) is 5.15. The van der Waals surface area contributed by atoms with Crippen LogP contribution in [0.2, 0.25) is 0 Å². The predicted molar refractivity (Wildman–Crippen MR) is 121 cm³/mol. The number of benzene rings is 2. The molecule has 0 unspecified atom stereocenters. The number of nitrogens with zero attached hydrogens (tertiary/aromatic N) is 3. The number of aromatic nitrogens is 2. The predicted octanol–water partition coefficient (Wildman–Crippen LogP) is 2.63. The summed E-state index contributed by atoms with van der Waals surface area (Å²) in [6.07, 6.45) is 0. The number of ketones is 1. The summed E-state index contributed by atoms with van der Waals surface area (Å²) in [7, 11) is -2.26. The van der Waals surface area contributed by atoms with E-state index in [1.165, 1.54) is 36.1 Å². The number of sulfonamides is 1. The molecule has 0 aliphatic carbocycles. The van der Waals surface area contributed by atoms with Crippen LogP contribution in [0.5, 0.6) is 0 Å².